The Bertz CT molecular complexity index is 1100. The number of benzene rings is 1. The summed E-state index contributed by atoms with van der Waals surface area (Å²) < 4.78 is 35.5. The lowest BCUT2D eigenvalue weighted by Crippen LogP contribution is -2.44. The maximum absolute atomic E-state index is 14.5. The Morgan fingerprint density at radius 1 is 1.11 bits per heavy atom. The number of fused-ring (bicyclic) bond motifs is 1. The van der Waals surface area contributed by atoms with Gasteiger partial charge in [0.05, 0.1) is 12.7 Å². The van der Waals surface area contributed by atoms with Crippen molar-refractivity contribution < 1.29 is 18.3 Å². The number of hydrogen-bond acceptors (Lipinski definition) is 3. The summed E-state index contributed by atoms with van der Waals surface area (Å²) in [5.41, 5.74) is 5.03. The Morgan fingerprint density at radius 3 is 2.34 bits per heavy atom. The highest BCUT2D eigenvalue weighted by molar-refractivity contribution is 6.74. The van der Waals surface area contributed by atoms with Gasteiger partial charge in [-0.05, 0) is 72.5 Å². The molecule has 192 valence electrons. The summed E-state index contributed by atoms with van der Waals surface area (Å²) in [5, 5.41) is 10.7. The molecule has 3 nitrogen and oxygen atoms in total. The van der Waals surface area contributed by atoms with Gasteiger partial charge in [0.25, 0.3) is 0 Å². The van der Waals surface area contributed by atoms with Crippen LogP contribution in [0.1, 0.15) is 101 Å². The summed E-state index contributed by atoms with van der Waals surface area (Å²) in [6.45, 7) is 15.5. The van der Waals surface area contributed by atoms with Crippen molar-refractivity contribution in [3.05, 3.63) is 52.3 Å². The van der Waals surface area contributed by atoms with E-state index in [2.05, 4.69) is 47.7 Å². The third-order valence-corrected chi connectivity index (χ3v) is 13.0. The first-order valence-electron chi connectivity index (χ1n) is 13.0. The molecule has 4 rings (SSSR count). The highest BCUT2D eigenvalue weighted by Crippen LogP contribution is 2.51. The molecule has 0 radical (unpaired) electrons. The van der Waals surface area contributed by atoms with Crippen LogP contribution in [0.2, 0.25) is 18.1 Å². The Balaban J connectivity index is 2.00. The largest absolute Gasteiger partial charge is 0.410 e. The fourth-order valence-corrected chi connectivity index (χ4v) is 6.90. The topological polar surface area (TPSA) is 42.4 Å². The second kappa shape index (κ2) is 9.35. The highest BCUT2D eigenvalue weighted by Gasteiger charge is 2.44. The number of hydrogen-bond donors (Lipinski definition) is 1. The predicted molar refractivity (Wildman–Crippen MR) is 140 cm³/mol. The van der Waals surface area contributed by atoms with Crippen molar-refractivity contribution in [3.63, 3.8) is 0 Å². The molecule has 6 heteroatoms. The molecule has 0 saturated heterocycles. The molecule has 1 saturated carbocycles. The quantitative estimate of drug-likeness (QED) is 0.420. The van der Waals surface area contributed by atoms with Crippen LogP contribution >= 0.6 is 0 Å². The number of aromatic nitrogens is 1. The molecule has 1 N–H and O–H groups in total. The van der Waals surface area contributed by atoms with Gasteiger partial charge in [0.15, 0.2) is 20.0 Å². The third-order valence-electron chi connectivity index (χ3n) is 8.50. The van der Waals surface area contributed by atoms with Crippen LogP contribution in [0.3, 0.4) is 0 Å². The fourth-order valence-electron chi connectivity index (χ4n) is 5.63. The van der Waals surface area contributed by atoms with E-state index in [0.29, 0.717) is 5.56 Å². The molecule has 0 aliphatic heterocycles. The highest BCUT2D eigenvalue weighted by atomic mass is 28.4. The molecular weight excluding hydrogens is 460 g/mol. The number of aliphatic hydroxyl groups excluding tert-OH is 1. The minimum absolute atomic E-state index is 0.00791. The van der Waals surface area contributed by atoms with E-state index in [1.54, 1.807) is 6.07 Å². The summed E-state index contributed by atoms with van der Waals surface area (Å²) >= 11 is 0. The van der Waals surface area contributed by atoms with E-state index >= 15 is 0 Å². The Kier molecular flexibility index (Phi) is 7.06. The van der Waals surface area contributed by atoms with Gasteiger partial charge in [-0.25, -0.2) is 8.78 Å². The first kappa shape index (κ1) is 26.4. The molecule has 35 heavy (non-hydrogen) atoms. The van der Waals surface area contributed by atoms with Crippen molar-refractivity contribution in [1.82, 2.24) is 4.98 Å². The monoisotopic (exact) mass is 501 g/mol. The van der Waals surface area contributed by atoms with E-state index in [4.69, 9.17) is 9.41 Å². The van der Waals surface area contributed by atoms with Crippen LogP contribution in [-0.4, -0.2) is 18.4 Å². The van der Waals surface area contributed by atoms with Crippen LogP contribution in [0, 0.1) is 17.0 Å². The lowest BCUT2D eigenvalue weighted by atomic mass is 9.72. The summed E-state index contributed by atoms with van der Waals surface area (Å²) in [7, 11) is -2.16. The molecule has 2 aromatic rings. The van der Waals surface area contributed by atoms with E-state index in [0.717, 1.165) is 66.6 Å². The van der Waals surface area contributed by atoms with Gasteiger partial charge < -0.3 is 9.53 Å². The number of rotatable bonds is 5. The van der Waals surface area contributed by atoms with Gasteiger partial charge in [-0.15, -0.1) is 0 Å². The van der Waals surface area contributed by atoms with Gasteiger partial charge >= 0.3 is 0 Å². The van der Waals surface area contributed by atoms with Crippen molar-refractivity contribution in [1.29, 1.82) is 0 Å². The van der Waals surface area contributed by atoms with E-state index < -0.39 is 20.0 Å². The Labute approximate surface area is 210 Å². The van der Waals surface area contributed by atoms with Crippen LogP contribution in [-0.2, 0) is 17.5 Å². The van der Waals surface area contributed by atoms with E-state index in [1.807, 2.05) is 0 Å². The van der Waals surface area contributed by atoms with Crippen molar-refractivity contribution in [3.8, 4) is 11.1 Å². The SMILES string of the molecule is CC1(C)Cc2nc(C3CCCC3)c(CO)c(-c3ccc(F)c(F)c3)c2C(O[Si](C)(C)C(C)(C)C)C1. The second-order valence-corrected chi connectivity index (χ2v) is 17.6. The second-order valence-electron chi connectivity index (χ2n) is 12.9. The number of pyridine rings is 1. The van der Waals surface area contributed by atoms with E-state index in [9.17, 15) is 13.9 Å². The summed E-state index contributed by atoms with van der Waals surface area (Å²) in [6, 6.07) is 4.09. The molecule has 1 aromatic carbocycles. The lowest BCUT2D eigenvalue weighted by molar-refractivity contribution is 0.106. The molecule has 0 spiro atoms. The van der Waals surface area contributed by atoms with Crippen molar-refractivity contribution in [2.24, 2.45) is 5.41 Å². The van der Waals surface area contributed by atoms with E-state index in [-0.39, 0.29) is 29.1 Å². The molecule has 0 amide bonds. The number of halogens is 2. The normalized spacial score (nSPS) is 20.8. The summed E-state index contributed by atoms with van der Waals surface area (Å²) in [5.74, 6) is -1.46. The standard InChI is InChI=1S/C29H41F2NO2Si/c1-28(2,3)35(6,7)34-24-16-29(4,5)15-23-26(24)25(19-12-13-21(30)22(31)14-19)20(17-33)27(32-23)18-10-8-9-11-18/h12-14,18,24,33H,8-11,15-17H2,1-7H3. The smallest absolute Gasteiger partial charge is 0.192 e. The zero-order valence-electron chi connectivity index (χ0n) is 22.4. The Morgan fingerprint density at radius 2 is 1.77 bits per heavy atom. The third kappa shape index (κ3) is 5.12. The maximum atomic E-state index is 14.5. The molecule has 1 aromatic heterocycles. The molecule has 1 unspecified atom stereocenters. The average Bonchev–Trinajstić information content (AvgIpc) is 3.27. The average molecular weight is 502 g/mol. The van der Waals surface area contributed by atoms with Crippen LogP contribution in [0.4, 0.5) is 8.78 Å². The maximum Gasteiger partial charge on any atom is 0.192 e. The van der Waals surface area contributed by atoms with Crippen molar-refractivity contribution in [2.75, 3.05) is 0 Å². The van der Waals surface area contributed by atoms with Crippen molar-refractivity contribution in [2.45, 2.75) is 110 Å². The molecule has 1 atom stereocenters. The van der Waals surface area contributed by atoms with E-state index in [1.165, 1.54) is 12.1 Å². The van der Waals surface area contributed by atoms with Gasteiger partial charge in [-0.2, -0.15) is 0 Å². The van der Waals surface area contributed by atoms with Crippen molar-refractivity contribution >= 4 is 8.32 Å². The fraction of sp³-hybridized carbons (Fsp3) is 0.621. The van der Waals surface area contributed by atoms with Crippen LogP contribution in [0.25, 0.3) is 11.1 Å². The van der Waals surface area contributed by atoms with Crippen LogP contribution in [0.15, 0.2) is 18.2 Å². The predicted octanol–water partition coefficient (Wildman–Crippen LogP) is 8.21. The van der Waals surface area contributed by atoms with Gasteiger partial charge in [0, 0.05) is 28.4 Å². The van der Waals surface area contributed by atoms with Gasteiger partial charge in [-0.1, -0.05) is 53.5 Å². The van der Waals surface area contributed by atoms with Crippen LogP contribution < -0.4 is 0 Å². The lowest BCUT2D eigenvalue weighted by Gasteiger charge is -2.45. The molecular formula is C29H41F2NO2Si. The van der Waals surface area contributed by atoms with Gasteiger partial charge in [0.1, 0.15) is 0 Å². The van der Waals surface area contributed by atoms with Gasteiger partial charge in [-0.3, -0.25) is 4.98 Å². The minimum Gasteiger partial charge on any atom is -0.410 e. The van der Waals surface area contributed by atoms with Gasteiger partial charge in [0.2, 0.25) is 0 Å². The summed E-state index contributed by atoms with van der Waals surface area (Å²) in [6.07, 6.45) is 5.79. The molecule has 2 aliphatic rings. The number of nitrogens with zero attached hydrogens (tertiary/aromatic N) is 1. The molecule has 1 fully saturated rings. The Hall–Kier alpha value is -1.63. The minimum atomic E-state index is -2.16. The number of aliphatic hydroxyl groups is 1. The molecule has 2 aliphatic carbocycles. The first-order valence-corrected chi connectivity index (χ1v) is 15.9. The molecule has 1 heterocycles. The molecule has 0 bridgehead atoms. The zero-order valence-corrected chi connectivity index (χ0v) is 23.4. The summed E-state index contributed by atoms with van der Waals surface area (Å²) in [4.78, 5) is 5.24. The first-order chi connectivity index (χ1) is 16.2. The zero-order chi connectivity index (χ0) is 25.8. The van der Waals surface area contributed by atoms with Crippen LogP contribution in [0.5, 0.6) is 0 Å².